The van der Waals surface area contributed by atoms with Gasteiger partial charge >= 0.3 is 0 Å². The molecule has 2 aromatic carbocycles. The van der Waals surface area contributed by atoms with Crippen LogP contribution in [0.3, 0.4) is 0 Å². The Morgan fingerprint density at radius 1 is 0.933 bits per heavy atom. The summed E-state index contributed by atoms with van der Waals surface area (Å²) in [4.78, 5) is 35.2. The molecule has 4 aromatic rings. The third-order valence-corrected chi connectivity index (χ3v) is 4.11. The van der Waals surface area contributed by atoms with E-state index in [1.807, 2.05) is 30.3 Å². The van der Waals surface area contributed by atoms with E-state index in [1.54, 1.807) is 42.5 Å². The van der Waals surface area contributed by atoms with Crippen molar-refractivity contribution in [3.8, 4) is 28.8 Å². The summed E-state index contributed by atoms with van der Waals surface area (Å²) in [7, 11) is 0. The summed E-state index contributed by atoms with van der Waals surface area (Å²) in [5, 5.41) is 12.6. The van der Waals surface area contributed by atoms with E-state index < -0.39 is 22.9 Å². The van der Waals surface area contributed by atoms with Gasteiger partial charge in [-0.3, -0.25) is 14.6 Å². The number of ether oxygens (including phenoxy) is 1. The zero-order chi connectivity index (χ0) is 20.9. The average molecular weight is 400 g/mol. The van der Waals surface area contributed by atoms with E-state index in [1.165, 1.54) is 6.20 Å². The molecule has 2 heterocycles. The first-order valence-corrected chi connectivity index (χ1v) is 8.99. The normalized spacial score (nSPS) is 10.4. The Morgan fingerprint density at radius 3 is 2.33 bits per heavy atom. The second-order valence-corrected chi connectivity index (χ2v) is 6.22. The molecule has 0 aliphatic heterocycles. The predicted octanol–water partition coefficient (Wildman–Crippen LogP) is 3.58. The van der Waals surface area contributed by atoms with Gasteiger partial charge in [-0.15, -0.1) is 0 Å². The minimum atomic E-state index is -0.831. The van der Waals surface area contributed by atoms with E-state index in [4.69, 9.17) is 4.74 Å². The highest BCUT2D eigenvalue weighted by Gasteiger charge is 2.19. The molecule has 0 atom stereocenters. The fraction of sp³-hybridized carbons (Fsp3) is 0. The summed E-state index contributed by atoms with van der Waals surface area (Å²) >= 11 is 0. The van der Waals surface area contributed by atoms with Crippen LogP contribution in [0.25, 0.3) is 11.5 Å². The largest absolute Gasteiger partial charge is 0.501 e. The maximum absolute atomic E-state index is 12.6. The van der Waals surface area contributed by atoms with Crippen molar-refractivity contribution in [3.63, 3.8) is 0 Å². The fourth-order valence-electron chi connectivity index (χ4n) is 2.67. The van der Waals surface area contributed by atoms with E-state index in [0.717, 1.165) is 0 Å². The molecular weight excluding hydrogens is 384 g/mol. The lowest BCUT2D eigenvalue weighted by Crippen LogP contribution is -2.20. The van der Waals surface area contributed by atoms with Gasteiger partial charge in [-0.1, -0.05) is 24.3 Å². The summed E-state index contributed by atoms with van der Waals surface area (Å²) in [5.41, 5.74) is -0.418. The summed E-state index contributed by atoms with van der Waals surface area (Å²) in [6.45, 7) is 0. The lowest BCUT2D eigenvalue weighted by Gasteiger charge is -2.09. The van der Waals surface area contributed by atoms with E-state index in [-0.39, 0.29) is 5.82 Å². The van der Waals surface area contributed by atoms with Crippen LogP contribution in [0.2, 0.25) is 0 Å². The molecule has 0 radical (unpaired) electrons. The van der Waals surface area contributed by atoms with Gasteiger partial charge in [-0.05, 0) is 48.5 Å². The molecule has 0 bridgehead atoms. The molecular formula is C22H16N4O4. The third-order valence-electron chi connectivity index (χ3n) is 4.11. The highest BCUT2D eigenvalue weighted by molar-refractivity contribution is 6.04. The topological polar surface area (TPSA) is 117 Å². The minimum Gasteiger partial charge on any atom is -0.501 e. The van der Waals surface area contributed by atoms with Crippen molar-refractivity contribution in [1.82, 2.24) is 15.0 Å². The van der Waals surface area contributed by atoms with Crippen LogP contribution in [0, 0.1) is 0 Å². The van der Waals surface area contributed by atoms with E-state index in [9.17, 15) is 14.7 Å². The number of carbonyl (C=O) groups excluding carboxylic acids is 1. The molecule has 0 spiro atoms. The van der Waals surface area contributed by atoms with Crippen LogP contribution >= 0.6 is 0 Å². The SMILES string of the molecule is O=C(Nc1ccc(Oc2ccccc2)cc1)c1nc(-c2ccccn2)[nH]c(=O)c1O. The van der Waals surface area contributed by atoms with Gasteiger partial charge in [-0.25, -0.2) is 4.98 Å². The Balaban J connectivity index is 1.54. The van der Waals surface area contributed by atoms with Gasteiger partial charge in [0.05, 0.1) is 0 Å². The number of hydrogen-bond donors (Lipinski definition) is 3. The van der Waals surface area contributed by atoms with Crippen molar-refractivity contribution in [3.05, 3.63) is 95.0 Å². The van der Waals surface area contributed by atoms with Crippen LogP contribution in [-0.2, 0) is 0 Å². The summed E-state index contributed by atoms with van der Waals surface area (Å²) < 4.78 is 5.71. The number of rotatable bonds is 5. The molecule has 8 nitrogen and oxygen atoms in total. The Kier molecular flexibility index (Phi) is 5.21. The first kappa shape index (κ1) is 18.9. The fourth-order valence-corrected chi connectivity index (χ4v) is 2.67. The highest BCUT2D eigenvalue weighted by atomic mass is 16.5. The van der Waals surface area contributed by atoms with Crippen LogP contribution < -0.4 is 15.6 Å². The van der Waals surface area contributed by atoms with Crippen LogP contribution in [-0.4, -0.2) is 26.0 Å². The van der Waals surface area contributed by atoms with Gasteiger partial charge in [0, 0.05) is 11.9 Å². The monoisotopic (exact) mass is 400 g/mol. The summed E-state index contributed by atoms with van der Waals surface area (Å²) in [6.07, 6.45) is 1.53. The van der Waals surface area contributed by atoms with Crippen molar-refractivity contribution >= 4 is 11.6 Å². The second kappa shape index (κ2) is 8.27. The second-order valence-electron chi connectivity index (χ2n) is 6.22. The molecule has 0 aliphatic carbocycles. The Bertz CT molecular complexity index is 1220. The Labute approximate surface area is 170 Å². The number of aromatic amines is 1. The van der Waals surface area contributed by atoms with E-state index in [0.29, 0.717) is 22.9 Å². The number of anilines is 1. The number of benzene rings is 2. The maximum Gasteiger partial charge on any atom is 0.294 e. The van der Waals surface area contributed by atoms with Gasteiger partial charge in [-0.2, -0.15) is 0 Å². The molecule has 2 aromatic heterocycles. The number of pyridine rings is 1. The number of nitrogens with zero attached hydrogens (tertiary/aromatic N) is 2. The molecule has 148 valence electrons. The van der Waals surface area contributed by atoms with Crippen LogP contribution in [0.5, 0.6) is 17.2 Å². The van der Waals surface area contributed by atoms with Crippen LogP contribution in [0.1, 0.15) is 10.5 Å². The number of nitrogens with one attached hydrogen (secondary N) is 2. The van der Waals surface area contributed by atoms with Crippen LogP contribution in [0.4, 0.5) is 5.69 Å². The molecule has 8 heteroatoms. The molecule has 0 unspecified atom stereocenters. The zero-order valence-electron chi connectivity index (χ0n) is 15.6. The highest BCUT2D eigenvalue weighted by Crippen LogP contribution is 2.23. The van der Waals surface area contributed by atoms with E-state index in [2.05, 4.69) is 20.3 Å². The lowest BCUT2D eigenvalue weighted by molar-refractivity contribution is 0.101. The molecule has 0 saturated carbocycles. The Morgan fingerprint density at radius 2 is 1.63 bits per heavy atom. The van der Waals surface area contributed by atoms with Gasteiger partial charge in [0.25, 0.3) is 11.5 Å². The molecule has 1 amide bonds. The molecule has 4 rings (SSSR count). The Hall–Kier alpha value is -4.46. The third kappa shape index (κ3) is 4.17. The van der Waals surface area contributed by atoms with Gasteiger partial charge in [0.15, 0.2) is 11.5 Å². The molecule has 0 saturated heterocycles. The molecule has 30 heavy (non-hydrogen) atoms. The van der Waals surface area contributed by atoms with Gasteiger partial charge in [0.1, 0.15) is 17.2 Å². The van der Waals surface area contributed by atoms with Gasteiger partial charge in [0.2, 0.25) is 5.75 Å². The minimum absolute atomic E-state index is 0.0789. The number of amides is 1. The first-order chi connectivity index (χ1) is 14.6. The zero-order valence-corrected chi connectivity index (χ0v) is 15.6. The molecule has 0 aliphatic rings. The van der Waals surface area contributed by atoms with Crippen molar-refractivity contribution in [2.24, 2.45) is 0 Å². The number of carbonyl (C=O) groups is 1. The first-order valence-electron chi connectivity index (χ1n) is 8.99. The number of aromatic nitrogens is 3. The number of para-hydroxylation sites is 1. The summed E-state index contributed by atoms with van der Waals surface area (Å²) in [6, 6.07) is 21.0. The number of aromatic hydroxyl groups is 1. The summed E-state index contributed by atoms with van der Waals surface area (Å²) in [5.74, 6) is -0.137. The van der Waals surface area contributed by atoms with Crippen molar-refractivity contribution < 1.29 is 14.6 Å². The van der Waals surface area contributed by atoms with Gasteiger partial charge < -0.3 is 20.1 Å². The van der Waals surface area contributed by atoms with Crippen molar-refractivity contribution in [1.29, 1.82) is 0 Å². The number of H-pyrrole nitrogens is 1. The molecule has 3 N–H and O–H groups in total. The van der Waals surface area contributed by atoms with E-state index >= 15 is 0 Å². The van der Waals surface area contributed by atoms with Crippen molar-refractivity contribution in [2.45, 2.75) is 0 Å². The molecule has 0 fully saturated rings. The maximum atomic E-state index is 12.6. The quantitative estimate of drug-likeness (QED) is 0.471. The standard InChI is InChI=1S/C22H16N4O4/c27-19-18(25-20(26-22(19)29)17-8-4-5-13-23-17)21(28)24-14-9-11-16(12-10-14)30-15-6-2-1-3-7-15/h1-13,27H,(H,24,28)(H,25,26,29). The predicted molar refractivity (Wildman–Crippen MR) is 111 cm³/mol. The van der Waals surface area contributed by atoms with Crippen LogP contribution in [0.15, 0.2) is 83.8 Å². The smallest absolute Gasteiger partial charge is 0.294 e. The number of hydrogen-bond acceptors (Lipinski definition) is 6. The van der Waals surface area contributed by atoms with Crippen molar-refractivity contribution in [2.75, 3.05) is 5.32 Å². The average Bonchev–Trinajstić information content (AvgIpc) is 2.78. The lowest BCUT2D eigenvalue weighted by atomic mass is 10.2.